The number of rotatable bonds is 14. The minimum atomic E-state index is -0.355. The number of nitrogens with zero attached hydrogens (tertiary/aromatic N) is 4. The predicted octanol–water partition coefficient (Wildman–Crippen LogP) is 6.58. The molecule has 0 aliphatic carbocycles. The van der Waals surface area contributed by atoms with Gasteiger partial charge in [-0.05, 0) is 50.4 Å². The van der Waals surface area contributed by atoms with Gasteiger partial charge in [-0.1, -0.05) is 47.5 Å². The molecule has 0 saturated carbocycles. The molecule has 2 amide bonds. The molecule has 0 spiro atoms. The number of amides is 2. The first-order valence-electron chi connectivity index (χ1n) is 17.0. The van der Waals surface area contributed by atoms with Crippen LogP contribution in [0, 0.1) is 0 Å². The fourth-order valence-corrected chi connectivity index (χ4v) is 7.30. The highest BCUT2D eigenvalue weighted by molar-refractivity contribution is 6.39. The Morgan fingerprint density at radius 1 is 1.10 bits per heavy atom. The third kappa shape index (κ3) is 7.96. The number of hydrogen-bond donors (Lipinski definition) is 3. The highest BCUT2D eigenvalue weighted by Gasteiger charge is 2.26. The number of anilines is 1. The number of carbonyl (C=O) groups excluding carboxylic acids is 2. The number of carbonyl (C=O) groups is 2. The summed E-state index contributed by atoms with van der Waals surface area (Å²) in [7, 11) is 3.49. The fraction of sp³-hybridized carbons (Fsp3) is 0.405. The predicted molar refractivity (Wildman–Crippen MR) is 195 cm³/mol. The maximum Gasteiger partial charge on any atom is 0.291 e. The Hall–Kier alpha value is -4.03. The molecule has 1 atom stereocenters. The zero-order chi connectivity index (χ0) is 35.2. The quantitative estimate of drug-likeness (QED) is 0.126. The molecule has 3 N–H and O–H groups in total. The third-order valence-corrected chi connectivity index (χ3v) is 10.2. The average molecular weight is 723 g/mol. The van der Waals surface area contributed by atoms with Gasteiger partial charge in [-0.25, -0.2) is 4.98 Å². The lowest BCUT2D eigenvalue weighted by atomic mass is 10.0. The Labute approximate surface area is 301 Å². The number of methoxy groups -OCH3 is 1. The molecular weight excluding hydrogens is 680 g/mol. The molecule has 6 rings (SSSR count). The van der Waals surface area contributed by atoms with Crippen LogP contribution in [-0.4, -0.2) is 70.7 Å². The van der Waals surface area contributed by atoms with E-state index in [0.717, 1.165) is 61.3 Å². The summed E-state index contributed by atoms with van der Waals surface area (Å²) in [6.45, 7) is 3.41. The maximum atomic E-state index is 13.5. The van der Waals surface area contributed by atoms with E-state index in [1.165, 1.54) is 0 Å². The first kappa shape index (κ1) is 35.8. The van der Waals surface area contributed by atoms with E-state index in [1.807, 2.05) is 41.9 Å². The summed E-state index contributed by atoms with van der Waals surface area (Å²) < 4.78 is 20.0. The van der Waals surface area contributed by atoms with Crippen LogP contribution in [0.3, 0.4) is 0 Å². The van der Waals surface area contributed by atoms with Gasteiger partial charge >= 0.3 is 0 Å². The van der Waals surface area contributed by atoms with Crippen molar-refractivity contribution < 1.29 is 18.7 Å². The van der Waals surface area contributed by atoms with E-state index in [4.69, 9.17) is 32.9 Å². The molecule has 4 heterocycles. The van der Waals surface area contributed by atoms with Gasteiger partial charge in [0.15, 0.2) is 5.82 Å². The number of fused-ring (bicyclic) bond motifs is 1. The van der Waals surface area contributed by atoms with Crippen LogP contribution in [0.2, 0.25) is 10.0 Å². The van der Waals surface area contributed by atoms with E-state index in [0.29, 0.717) is 76.6 Å². The zero-order valence-corrected chi connectivity index (χ0v) is 29.8. The van der Waals surface area contributed by atoms with E-state index >= 15 is 0 Å². The number of nitrogens with one attached hydrogen (secondary N) is 3. The van der Waals surface area contributed by atoms with Crippen molar-refractivity contribution in [3.05, 3.63) is 81.5 Å². The van der Waals surface area contributed by atoms with E-state index < -0.39 is 0 Å². The highest BCUT2D eigenvalue weighted by atomic mass is 35.5. The average Bonchev–Trinajstić information content (AvgIpc) is 3.69. The van der Waals surface area contributed by atoms with Crippen molar-refractivity contribution in [1.82, 2.24) is 30.1 Å². The van der Waals surface area contributed by atoms with Gasteiger partial charge in [0.05, 0.1) is 40.9 Å². The molecule has 0 unspecified atom stereocenters. The lowest BCUT2D eigenvalue weighted by molar-refractivity contribution is -0.119. The number of unbranched alkanes of at least 4 members (excludes halogenated alkanes) is 2. The number of imidazole rings is 1. The Morgan fingerprint density at radius 3 is 2.72 bits per heavy atom. The number of ether oxygens (including phenoxy) is 1. The fourth-order valence-electron chi connectivity index (χ4n) is 6.70. The summed E-state index contributed by atoms with van der Waals surface area (Å²) in [6.07, 6.45) is 6.28. The van der Waals surface area contributed by atoms with Crippen LogP contribution in [-0.2, 0) is 31.4 Å². The van der Waals surface area contributed by atoms with Gasteiger partial charge in [-0.2, -0.15) is 0 Å². The number of alkyl halides is 1. The van der Waals surface area contributed by atoms with Gasteiger partial charge < -0.3 is 25.3 Å². The number of pyridine rings is 1. The molecule has 0 bridgehead atoms. The third-order valence-electron chi connectivity index (χ3n) is 9.42. The van der Waals surface area contributed by atoms with Gasteiger partial charge in [-0.3, -0.25) is 23.9 Å². The molecule has 1 saturated heterocycles. The highest BCUT2D eigenvalue weighted by Crippen LogP contribution is 2.41. The van der Waals surface area contributed by atoms with Crippen LogP contribution in [0.25, 0.3) is 22.4 Å². The number of aromatic nitrogens is 3. The van der Waals surface area contributed by atoms with Gasteiger partial charge in [0.1, 0.15) is 5.75 Å². The van der Waals surface area contributed by atoms with Gasteiger partial charge in [0, 0.05) is 86.3 Å². The second-order valence-electron chi connectivity index (χ2n) is 12.8. The second kappa shape index (κ2) is 16.3. The van der Waals surface area contributed by atoms with Crippen molar-refractivity contribution in [2.24, 2.45) is 7.05 Å². The Kier molecular flexibility index (Phi) is 11.7. The van der Waals surface area contributed by atoms with Gasteiger partial charge in [0.25, 0.3) is 5.91 Å². The standard InChI is InChI=1S/C37H42Cl2FN7O3/c1-46-30-14-18-47(17-5-3-4-15-40)22-29(30)44-36(46)37(49)45-28-8-6-7-26(33(28)38)27-13-16-42-35(34(27)39)23-9-10-24(31(19-23)50-2)20-41-21-25-11-12-32(48)43-25/h6-10,13,16,19,25,41H,3-5,11-12,14-15,17-18,20-22H2,1-2H3,(H,43,48)(H,45,49)/t25-/m0/s1. The summed E-state index contributed by atoms with van der Waals surface area (Å²) in [5.74, 6) is 0.746. The number of halogens is 3. The molecule has 2 aromatic heterocycles. The van der Waals surface area contributed by atoms with Crippen LogP contribution in [0.4, 0.5) is 10.1 Å². The van der Waals surface area contributed by atoms with Crippen molar-refractivity contribution in [1.29, 1.82) is 0 Å². The van der Waals surface area contributed by atoms with Crippen molar-refractivity contribution >= 4 is 40.7 Å². The second-order valence-corrected chi connectivity index (χ2v) is 13.5. The molecule has 10 nitrogen and oxygen atoms in total. The minimum Gasteiger partial charge on any atom is -0.496 e. The molecule has 13 heteroatoms. The van der Waals surface area contributed by atoms with Crippen molar-refractivity contribution in [3.8, 4) is 28.1 Å². The van der Waals surface area contributed by atoms with Crippen molar-refractivity contribution in [2.75, 3.05) is 38.7 Å². The molecule has 1 fully saturated rings. The van der Waals surface area contributed by atoms with E-state index in [-0.39, 0.29) is 24.5 Å². The van der Waals surface area contributed by atoms with Crippen molar-refractivity contribution in [2.45, 2.75) is 57.7 Å². The van der Waals surface area contributed by atoms with Crippen LogP contribution in [0.15, 0.2) is 48.7 Å². The molecule has 50 heavy (non-hydrogen) atoms. The molecule has 0 radical (unpaired) electrons. The zero-order valence-electron chi connectivity index (χ0n) is 28.3. The summed E-state index contributed by atoms with van der Waals surface area (Å²) in [6, 6.07) is 13.2. The molecule has 4 aromatic rings. The molecular formula is C37H42Cl2FN7O3. The van der Waals surface area contributed by atoms with E-state index in [9.17, 15) is 14.0 Å². The Bertz CT molecular complexity index is 1870. The number of hydrogen-bond acceptors (Lipinski definition) is 7. The molecule has 264 valence electrons. The van der Waals surface area contributed by atoms with E-state index in [1.54, 1.807) is 25.4 Å². The van der Waals surface area contributed by atoms with Crippen LogP contribution in [0.1, 0.15) is 59.7 Å². The van der Waals surface area contributed by atoms with Gasteiger partial charge in [0.2, 0.25) is 5.91 Å². The van der Waals surface area contributed by atoms with E-state index in [2.05, 4.69) is 25.8 Å². The Morgan fingerprint density at radius 2 is 1.94 bits per heavy atom. The van der Waals surface area contributed by atoms with Crippen LogP contribution < -0.4 is 20.7 Å². The van der Waals surface area contributed by atoms with Crippen LogP contribution in [0.5, 0.6) is 5.75 Å². The normalized spacial score (nSPS) is 15.9. The monoisotopic (exact) mass is 721 g/mol. The molecule has 2 aromatic carbocycles. The summed E-state index contributed by atoms with van der Waals surface area (Å²) in [5.41, 5.74) is 6.00. The molecule has 2 aliphatic rings. The lowest BCUT2D eigenvalue weighted by Gasteiger charge is -2.26. The first-order chi connectivity index (χ1) is 24.3. The first-order valence-corrected chi connectivity index (χ1v) is 17.8. The Balaban J connectivity index is 1.17. The topological polar surface area (TPSA) is 113 Å². The largest absolute Gasteiger partial charge is 0.496 e. The van der Waals surface area contributed by atoms with Crippen LogP contribution >= 0.6 is 23.2 Å². The number of benzene rings is 2. The SMILES string of the molecule is COc1cc(-c2nccc(-c3cccc(NC(=O)c4nc5c(n4C)CCN(CCCCCF)C5)c3Cl)c2Cl)ccc1CNC[C@@H]1CCC(=O)N1. The smallest absolute Gasteiger partial charge is 0.291 e. The maximum absolute atomic E-state index is 13.5. The summed E-state index contributed by atoms with van der Waals surface area (Å²) in [5, 5.41) is 10.1. The summed E-state index contributed by atoms with van der Waals surface area (Å²) in [4.78, 5) is 36.7. The van der Waals surface area contributed by atoms with Gasteiger partial charge in [-0.15, -0.1) is 0 Å². The van der Waals surface area contributed by atoms with Crippen molar-refractivity contribution in [3.63, 3.8) is 0 Å². The minimum absolute atomic E-state index is 0.0952. The lowest BCUT2D eigenvalue weighted by Crippen LogP contribution is -2.35. The summed E-state index contributed by atoms with van der Waals surface area (Å²) >= 11 is 14.0. The molecule has 2 aliphatic heterocycles.